The zero-order valence-corrected chi connectivity index (χ0v) is 16.5. The van der Waals surface area contributed by atoms with E-state index in [2.05, 4.69) is 20.7 Å². The van der Waals surface area contributed by atoms with Gasteiger partial charge in [-0.25, -0.2) is 9.78 Å². The van der Waals surface area contributed by atoms with Gasteiger partial charge in [-0.2, -0.15) is 9.61 Å². The molecule has 1 aliphatic heterocycles. The van der Waals surface area contributed by atoms with Gasteiger partial charge in [0.15, 0.2) is 0 Å². The highest BCUT2D eigenvalue weighted by atomic mass is 16.2. The molecule has 30 heavy (non-hydrogen) atoms. The van der Waals surface area contributed by atoms with Crippen molar-refractivity contribution in [3.8, 4) is 0 Å². The molecule has 4 heterocycles. The Morgan fingerprint density at radius 3 is 2.80 bits per heavy atom. The maximum atomic E-state index is 12.1. The van der Waals surface area contributed by atoms with Crippen molar-refractivity contribution in [2.75, 3.05) is 18.4 Å². The highest BCUT2D eigenvalue weighted by Crippen LogP contribution is 2.28. The number of aromatic nitrogens is 4. The number of anilines is 1. The van der Waals surface area contributed by atoms with Gasteiger partial charge in [-0.05, 0) is 29.9 Å². The minimum Gasteiger partial charge on any atom is -0.366 e. The molecule has 1 aliphatic rings. The average molecular weight is 405 g/mol. The Morgan fingerprint density at radius 2 is 2.10 bits per heavy atom. The normalized spacial score (nSPS) is 15.0. The number of hydrogen-bond donors (Lipinski definition) is 4. The molecule has 0 unspecified atom stereocenters. The highest BCUT2D eigenvalue weighted by Gasteiger charge is 2.26. The van der Waals surface area contributed by atoms with Crippen molar-refractivity contribution in [2.24, 2.45) is 11.5 Å². The minimum absolute atomic E-state index is 0.207. The summed E-state index contributed by atoms with van der Waals surface area (Å²) < 4.78 is 1.71. The number of rotatable bonds is 5. The standard InChI is InChI=1S/C19H24BN9O/c20-14-11-25-29-16(24-10-12-2-1-5-23-9-12)8-15(26-17(14)29)13-3-6-28(7-4-13)19(30)27-18(21)22/h1-2,5,8-9,11,13,18,24H,3-4,6-7,10,21-22H2,(H,27,30). The third-order valence-electron chi connectivity index (χ3n) is 5.21. The van der Waals surface area contributed by atoms with Gasteiger partial charge < -0.3 is 15.5 Å². The van der Waals surface area contributed by atoms with E-state index < -0.39 is 6.29 Å². The van der Waals surface area contributed by atoms with E-state index in [-0.39, 0.29) is 11.9 Å². The lowest BCUT2D eigenvalue weighted by molar-refractivity contribution is 0.177. The number of carbonyl (C=O) groups excluding carboxylic acids is 1. The Balaban J connectivity index is 1.52. The summed E-state index contributed by atoms with van der Waals surface area (Å²) in [5.74, 6) is 1.02. The number of hydrogen-bond acceptors (Lipinski definition) is 7. The average Bonchev–Trinajstić information content (AvgIpc) is 3.13. The second-order valence-electron chi connectivity index (χ2n) is 7.35. The van der Waals surface area contributed by atoms with Crippen molar-refractivity contribution in [1.82, 2.24) is 29.8 Å². The van der Waals surface area contributed by atoms with Gasteiger partial charge in [0, 0.05) is 55.9 Å². The molecule has 2 radical (unpaired) electrons. The first-order valence-electron chi connectivity index (χ1n) is 9.85. The smallest absolute Gasteiger partial charge is 0.319 e. The van der Waals surface area contributed by atoms with Crippen molar-refractivity contribution in [2.45, 2.75) is 31.6 Å². The van der Waals surface area contributed by atoms with Crippen molar-refractivity contribution in [3.05, 3.63) is 48.0 Å². The molecule has 0 aliphatic carbocycles. The molecule has 0 bridgehead atoms. The first-order chi connectivity index (χ1) is 14.5. The van der Waals surface area contributed by atoms with Gasteiger partial charge in [0.25, 0.3) is 0 Å². The first kappa shape index (κ1) is 20.1. The van der Waals surface area contributed by atoms with Crippen LogP contribution in [0, 0.1) is 0 Å². The molecule has 1 fully saturated rings. The zero-order chi connectivity index (χ0) is 21.1. The second-order valence-corrected chi connectivity index (χ2v) is 7.35. The lowest BCUT2D eigenvalue weighted by Crippen LogP contribution is -2.54. The number of amides is 2. The third-order valence-corrected chi connectivity index (χ3v) is 5.21. The molecule has 3 aromatic rings. The van der Waals surface area contributed by atoms with Crippen LogP contribution in [0.3, 0.4) is 0 Å². The van der Waals surface area contributed by atoms with Crippen LogP contribution < -0.4 is 27.6 Å². The molecule has 0 spiro atoms. The number of carbonyl (C=O) groups is 1. The van der Waals surface area contributed by atoms with Gasteiger partial charge in [-0.15, -0.1) is 0 Å². The lowest BCUT2D eigenvalue weighted by Gasteiger charge is -2.32. The number of nitrogens with one attached hydrogen (secondary N) is 2. The molecule has 0 aromatic carbocycles. The Morgan fingerprint density at radius 1 is 1.30 bits per heavy atom. The van der Waals surface area contributed by atoms with E-state index in [0.717, 1.165) is 29.9 Å². The molecule has 0 atom stereocenters. The summed E-state index contributed by atoms with van der Waals surface area (Å²) in [6, 6.07) is 5.67. The van der Waals surface area contributed by atoms with Crippen LogP contribution in [-0.4, -0.2) is 57.7 Å². The second kappa shape index (κ2) is 8.68. The van der Waals surface area contributed by atoms with Crippen LogP contribution in [0.15, 0.2) is 36.8 Å². The van der Waals surface area contributed by atoms with Crippen LogP contribution in [-0.2, 0) is 6.54 Å². The molecule has 11 heteroatoms. The summed E-state index contributed by atoms with van der Waals surface area (Å²) in [6.45, 7) is 1.80. The summed E-state index contributed by atoms with van der Waals surface area (Å²) in [5.41, 5.74) is 14.0. The molecule has 2 amide bonds. The zero-order valence-electron chi connectivity index (χ0n) is 16.5. The molecular formula is C19H24BN9O. The molecule has 3 aromatic heterocycles. The van der Waals surface area contributed by atoms with E-state index in [0.29, 0.717) is 30.7 Å². The fourth-order valence-electron chi connectivity index (χ4n) is 3.64. The van der Waals surface area contributed by atoms with Gasteiger partial charge in [-0.3, -0.25) is 16.5 Å². The van der Waals surface area contributed by atoms with Crippen LogP contribution in [0.25, 0.3) is 5.65 Å². The number of pyridine rings is 1. The Kier molecular flexibility index (Phi) is 5.82. The fourth-order valence-corrected chi connectivity index (χ4v) is 3.64. The highest BCUT2D eigenvalue weighted by molar-refractivity contribution is 6.36. The lowest BCUT2D eigenvalue weighted by atomic mass is 9.93. The Hall–Kier alpha value is -3.18. The fraction of sp³-hybridized carbons (Fsp3) is 0.368. The van der Waals surface area contributed by atoms with Crippen molar-refractivity contribution in [1.29, 1.82) is 0 Å². The van der Waals surface area contributed by atoms with Crippen molar-refractivity contribution < 1.29 is 4.79 Å². The van der Waals surface area contributed by atoms with Gasteiger partial charge in [0.1, 0.15) is 25.6 Å². The van der Waals surface area contributed by atoms with Crippen LogP contribution in [0.2, 0.25) is 0 Å². The number of urea groups is 1. The number of fused-ring (bicyclic) bond motifs is 1. The maximum absolute atomic E-state index is 12.1. The van der Waals surface area contributed by atoms with E-state index >= 15 is 0 Å². The number of piperidine rings is 1. The van der Waals surface area contributed by atoms with Gasteiger partial charge in [0.2, 0.25) is 0 Å². The third kappa shape index (κ3) is 4.36. The van der Waals surface area contributed by atoms with E-state index in [9.17, 15) is 4.79 Å². The quantitative estimate of drug-likeness (QED) is 0.335. The number of nitrogens with zero attached hydrogens (tertiary/aromatic N) is 5. The Bertz CT molecular complexity index is 1020. The number of likely N-dealkylation sites (tertiary alicyclic amines) is 1. The molecule has 10 nitrogen and oxygen atoms in total. The van der Waals surface area contributed by atoms with Crippen molar-refractivity contribution >= 4 is 30.8 Å². The summed E-state index contributed by atoms with van der Waals surface area (Å²) in [7, 11) is 6.09. The largest absolute Gasteiger partial charge is 0.366 e. The van der Waals surface area contributed by atoms with E-state index in [4.69, 9.17) is 24.3 Å². The minimum atomic E-state index is -0.863. The van der Waals surface area contributed by atoms with Gasteiger partial charge in [-0.1, -0.05) is 6.07 Å². The maximum Gasteiger partial charge on any atom is 0.319 e. The first-order valence-corrected chi connectivity index (χ1v) is 9.85. The Labute approximate surface area is 175 Å². The van der Waals surface area contributed by atoms with Crippen LogP contribution >= 0.6 is 0 Å². The topological polar surface area (TPSA) is 139 Å². The summed E-state index contributed by atoms with van der Waals surface area (Å²) in [5, 5.41) is 10.3. The van der Waals surface area contributed by atoms with Crippen LogP contribution in [0.5, 0.6) is 0 Å². The SMILES string of the molecule is [B]c1cnn2c(NCc3cccnc3)cc(C3CCN(C(=O)NC(N)N)CC3)nc12. The van der Waals surface area contributed by atoms with E-state index in [1.54, 1.807) is 21.8 Å². The molecular weight excluding hydrogens is 381 g/mol. The molecule has 4 rings (SSSR count). The summed E-state index contributed by atoms with van der Waals surface area (Å²) in [4.78, 5) is 22.7. The predicted molar refractivity (Wildman–Crippen MR) is 114 cm³/mol. The number of nitrogens with two attached hydrogens (primary N) is 2. The van der Waals surface area contributed by atoms with Crippen molar-refractivity contribution in [3.63, 3.8) is 0 Å². The molecule has 154 valence electrons. The van der Waals surface area contributed by atoms with Gasteiger partial charge >= 0.3 is 6.03 Å². The van der Waals surface area contributed by atoms with Gasteiger partial charge in [0.05, 0.1) is 0 Å². The molecule has 1 saturated heterocycles. The summed E-state index contributed by atoms with van der Waals surface area (Å²) in [6.07, 6.45) is 5.87. The molecule has 0 saturated carbocycles. The van der Waals surface area contributed by atoms with E-state index in [1.165, 1.54) is 0 Å². The predicted octanol–water partition coefficient (Wildman–Crippen LogP) is -0.380. The van der Waals surface area contributed by atoms with E-state index in [1.807, 2.05) is 24.4 Å². The summed E-state index contributed by atoms with van der Waals surface area (Å²) >= 11 is 0. The van der Waals surface area contributed by atoms with Crippen LogP contribution in [0.1, 0.15) is 30.0 Å². The molecule has 6 N–H and O–H groups in total. The van der Waals surface area contributed by atoms with Crippen LogP contribution in [0.4, 0.5) is 10.6 Å². The monoisotopic (exact) mass is 405 g/mol.